The van der Waals surface area contributed by atoms with Crippen molar-refractivity contribution in [2.75, 3.05) is 6.54 Å². The van der Waals surface area contributed by atoms with Gasteiger partial charge in [0.05, 0.1) is 11.9 Å². The largest absolute Gasteiger partial charge is 0.386 e. The van der Waals surface area contributed by atoms with Gasteiger partial charge in [0, 0.05) is 24.3 Å². The number of para-hydroxylation sites is 1. The van der Waals surface area contributed by atoms with Gasteiger partial charge in [-0.1, -0.05) is 18.2 Å². The second-order valence-corrected chi connectivity index (χ2v) is 4.59. The summed E-state index contributed by atoms with van der Waals surface area (Å²) in [5.41, 5.74) is 1.80. The maximum atomic E-state index is 12.2. The van der Waals surface area contributed by atoms with Crippen LogP contribution in [0.25, 0.3) is 5.69 Å². The quantitative estimate of drug-likeness (QED) is 0.853. The molecule has 2 unspecified atom stereocenters. The Morgan fingerprint density at radius 2 is 2.00 bits per heavy atom. The van der Waals surface area contributed by atoms with E-state index in [2.05, 4.69) is 10.4 Å². The van der Waals surface area contributed by atoms with E-state index in [4.69, 9.17) is 5.11 Å². The fourth-order valence-corrected chi connectivity index (χ4v) is 1.79. The van der Waals surface area contributed by atoms with Gasteiger partial charge >= 0.3 is 0 Å². The van der Waals surface area contributed by atoms with Gasteiger partial charge in [-0.25, -0.2) is 13.5 Å². The lowest BCUT2D eigenvalue weighted by molar-refractivity contribution is -0.00439. The lowest BCUT2D eigenvalue weighted by Gasteiger charge is -2.15. The number of halogens is 2. The van der Waals surface area contributed by atoms with Crippen LogP contribution in [0.2, 0.25) is 0 Å². The topological polar surface area (TPSA) is 50.1 Å². The van der Waals surface area contributed by atoms with Crippen LogP contribution in [0.15, 0.2) is 42.7 Å². The molecule has 4 nitrogen and oxygen atoms in total. The fourth-order valence-electron chi connectivity index (χ4n) is 1.79. The summed E-state index contributed by atoms with van der Waals surface area (Å²) in [6.45, 7) is 1.68. The van der Waals surface area contributed by atoms with Gasteiger partial charge in [0.25, 0.3) is 6.43 Å². The Morgan fingerprint density at radius 3 is 2.65 bits per heavy atom. The van der Waals surface area contributed by atoms with Crippen LogP contribution in [0, 0.1) is 0 Å². The van der Waals surface area contributed by atoms with Crippen LogP contribution in [-0.2, 0) is 0 Å². The average Bonchev–Trinajstić information content (AvgIpc) is 2.95. The molecule has 6 heteroatoms. The van der Waals surface area contributed by atoms with E-state index in [1.807, 2.05) is 43.5 Å². The molecule has 2 atom stereocenters. The van der Waals surface area contributed by atoms with Crippen molar-refractivity contribution in [1.82, 2.24) is 15.1 Å². The van der Waals surface area contributed by atoms with Crippen LogP contribution < -0.4 is 5.32 Å². The number of hydrogen-bond acceptors (Lipinski definition) is 3. The summed E-state index contributed by atoms with van der Waals surface area (Å²) >= 11 is 0. The third-order valence-corrected chi connectivity index (χ3v) is 3.05. The van der Waals surface area contributed by atoms with Crippen LogP contribution in [0.4, 0.5) is 8.78 Å². The molecule has 0 aliphatic rings. The number of aliphatic hydroxyl groups is 1. The van der Waals surface area contributed by atoms with Crippen molar-refractivity contribution in [3.05, 3.63) is 48.3 Å². The molecular formula is C14H17F2N3O. The van der Waals surface area contributed by atoms with Crippen molar-refractivity contribution >= 4 is 0 Å². The monoisotopic (exact) mass is 281 g/mol. The Labute approximate surface area is 116 Å². The summed E-state index contributed by atoms with van der Waals surface area (Å²) < 4.78 is 26.1. The Balaban J connectivity index is 1.98. The highest BCUT2D eigenvalue weighted by Crippen LogP contribution is 2.14. The van der Waals surface area contributed by atoms with Gasteiger partial charge in [0.2, 0.25) is 0 Å². The number of nitrogens with one attached hydrogen (secondary N) is 1. The Hall–Kier alpha value is -1.79. The highest BCUT2D eigenvalue weighted by molar-refractivity contribution is 5.31. The predicted octanol–water partition coefficient (Wildman–Crippen LogP) is 2.15. The van der Waals surface area contributed by atoms with Gasteiger partial charge in [-0.05, 0) is 19.1 Å². The number of alkyl halides is 2. The molecule has 20 heavy (non-hydrogen) atoms. The lowest BCUT2D eigenvalue weighted by Crippen LogP contribution is -2.33. The molecule has 0 saturated heterocycles. The molecule has 0 radical (unpaired) electrons. The van der Waals surface area contributed by atoms with Crippen molar-refractivity contribution in [3.8, 4) is 5.69 Å². The second-order valence-electron chi connectivity index (χ2n) is 4.59. The van der Waals surface area contributed by atoms with Gasteiger partial charge in [-0.2, -0.15) is 5.10 Å². The van der Waals surface area contributed by atoms with E-state index in [0.717, 1.165) is 11.3 Å². The highest BCUT2D eigenvalue weighted by Gasteiger charge is 2.18. The molecule has 0 fully saturated rings. The minimum Gasteiger partial charge on any atom is -0.386 e. The van der Waals surface area contributed by atoms with E-state index in [-0.39, 0.29) is 12.6 Å². The number of rotatable bonds is 6. The lowest BCUT2D eigenvalue weighted by atomic mass is 10.2. The summed E-state index contributed by atoms with van der Waals surface area (Å²) in [6, 6.07) is 9.43. The van der Waals surface area contributed by atoms with Crippen LogP contribution in [0.5, 0.6) is 0 Å². The molecule has 2 rings (SSSR count). The maximum Gasteiger partial charge on any atom is 0.265 e. The van der Waals surface area contributed by atoms with Crippen molar-refractivity contribution in [2.45, 2.75) is 25.5 Å². The maximum absolute atomic E-state index is 12.2. The first-order valence-corrected chi connectivity index (χ1v) is 6.37. The molecular weight excluding hydrogens is 264 g/mol. The third kappa shape index (κ3) is 3.61. The van der Waals surface area contributed by atoms with Gasteiger partial charge < -0.3 is 10.4 Å². The molecule has 0 bridgehead atoms. The highest BCUT2D eigenvalue weighted by atomic mass is 19.3. The summed E-state index contributed by atoms with van der Waals surface area (Å²) in [4.78, 5) is 0. The fraction of sp³-hybridized carbons (Fsp3) is 0.357. The molecule has 2 aromatic rings. The molecule has 2 N–H and O–H groups in total. The van der Waals surface area contributed by atoms with Crippen LogP contribution in [0.1, 0.15) is 18.5 Å². The Bertz CT molecular complexity index is 530. The zero-order valence-corrected chi connectivity index (χ0v) is 11.1. The number of aromatic nitrogens is 2. The first kappa shape index (κ1) is 14.6. The molecule has 1 aromatic carbocycles. The Morgan fingerprint density at radius 1 is 1.30 bits per heavy atom. The number of nitrogens with zero attached hydrogens (tertiary/aromatic N) is 2. The van der Waals surface area contributed by atoms with E-state index >= 15 is 0 Å². The summed E-state index contributed by atoms with van der Waals surface area (Å²) in [7, 11) is 0. The second kappa shape index (κ2) is 6.58. The standard InChI is InChI=1S/C14H17F2N3O/c1-10(17-8-13(20)14(15)16)11-7-18-19(9-11)12-5-3-2-4-6-12/h2-7,9-10,13-14,17,20H,8H2,1H3. The van der Waals surface area contributed by atoms with E-state index < -0.39 is 12.5 Å². The number of benzene rings is 1. The Kier molecular flexibility index (Phi) is 4.81. The molecule has 0 amide bonds. The average molecular weight is 281 g/mol. The normalized spacial score (nSPS) is 14.4. The first-order chi connectivity index (χ1) is 9.58. The number of aliphatic hydroxyl groups excluding tert-OH is 1. The third-order valence-electron chi connectivity index (χ3n) is 3.05. The predicted molar refractivity (Wildman–Crippen MR) is 72.0 cm³/mol. The van der Waals surface area contributed by atoms with Crippen molar-refractivity contribution < 1.29 is 13.9 Å². The molecule has 1 aromatic heterocycles. The first-order valence-electron chi connectivity index (χ1n) is 6.37. The minimum atomic E-state index is -2.73. The minimum absolute atomic E-state index is 0.157. The van der Waals surface area contributed by atoms with Crippen LogP contribution >= 0.6 is 0 Å². The molecule has 1 heterocycles. The van der Waals surface area contributed by atoms with Gasteiger partial charge in [-0.3, -0.25) is 0 Å². The van der Waals surface area contributed by atoms with Crippen molar-refractivity contribution in [1.29, 1.82) is 0 Å². The molecule has 0 aliphatic heterocycles. The van der Waals surface area contributed by atoms with Crippen LogP contribution in [0.3, 0.4) is 0 Å². The smallest absolute Gasteiger partial charge is 0.265 e. The van der Waals surface area contributed by atoms with E-state index in [1.165, 1.54) is 0 Å². The van der Waals surface area contributed by atoms with Gasteiger partial charge in [-0.15, -0.1) is 0 Å². The van der Waals surface area contributed by atoms with Crippen LogP contribution in [-0.4, -0.2) is 34.0 Å². The molecule has 0 aliphatic carbocycles. The SMILES string of the molecule is CC(NCC(O)C(F)F)c1cnn(-c2ccccc2)c1. The zero-order valence-electron chi connectivity index (χ0n) is 11.1. The van der Waals surface area contributed by atoms with E-state index in [1.54, 1.807) is 10.9 Å². The summed E-state index contributed by atoms with van der Waals surface area (Å²) in [5, 5.41) is 16.2. The summed E-state index contributed by atoms with van der Waals surface area (Å²) in [6.07, 6.45) is -0.871. The van der Waals surface area contributed by atoms with E-state index in [9.17, 15) is 8.78 Å². The van der Waals surface area contributed by atoms with E-state index in [0.29, 0.717) is 0 Å². The zero-order chi connectivity index (χ0) is 14.5. The molecule has 108 valence electrons. The summed E-state index contributed by atoms with van der Waals surface area (Å²) in [5.74, 6) is 0. The van der Waals surface area contributed by atoms with Crippen molar-refractivity contribution in [2.24, 2.45) is 0 Å². The van der Waals surface area contributed by atoms with Gasteiger partial charge in [0.1, 0.15) is 6.10 Å². The van der Waals surface area contributed by atoms with Gasteiger partial charge in [0.15, 0.2) is 0 Å². The molecule has 0 saturated carbocycles. The molecule has 0 spiro atoms. The number of hydrogen-bond donors (Lipinski definition) is 2. The van der Waals surface area contributed by atoms with Crippen molar-refractivity contribution in [3.63, 3.8) is 0 Å².